The molecular formula is C19H17F3N4O3. The fourth-order valence-electron chi connectivity index (χ4n) is 2.53. The molecule has 0 aliphatic rings. The molecule has 152 valence electrons. The van der Waals surface area contributed by atoms with Crippen LogP contribution in [0.15, 0.2) is 53.3 Å². The molecule has 1 aromatic carbocycles. The molecule has 1 amide bonds. The molecule has 3 rings (SSSR count). The topological polar surface area (TPSA) is 90.1 Å². The predicted octanol–water partition coefficient (Wildman–Crippen LogP) is 4.16. The van der Waals surface area contributed by atoms with E-state index in [1.54, 1.807) is 24.5 Å². The zero-order valence-electron chi connectivity index (χ0n) is 15.5. The average Bonchev–Trinajstić information content (AvgIpc) is 3.15. The molecule has 10 heteroatoms. The van der Waals surface area contributed by atoms with Crippen LogP contribution in [0.3, 0.4) is 0 Å². The normalized spacial score (nSPS) is 12.6. The lowest BCUT2D eigenvalue weighted by Crippen LogP contribution is -2.32. The summed E-state index contributed by atoms with van der Waals surface area (Å²) in [5.41, 5.74) is 0.878. The molecule has 0 radical (unpaired) electrons. The van der Waals surface area contributed by atoms with Gasteiger partial charge in [-0.1, -0.05) is 19.0 Å². The summed E-state index contributed by atoms with van der Waals surface area (Å²) in [7, 11) is 0. The van der Waals surface area contributed by atoms with E-state index in [0.717, 1.165) is 12.1 Å². The van der Waals surface area contributed by atoms with Crippen LogP contribution in [0.4, 0.5) is 13.2 Å². The first kappa shape index (κ1) is 20.3. The molecule has 0 bridgehead atoms. The lowest BCUT2D eigenvalue weighted by Gasteiger charge is -2.18. The highest BCUT2D eigenvalue weighted by molar-refractivity contribution is 5.94. The van der Waals surface area contributed by atoms with Crippen LogP contribution in [0, 0.1) is 5.92 Å². The molecule has 0 spiro atoms. The zero-order valence-corrected chi connectivity index (χ0v) is 15.5. The smallest absolute Gasteiger partial charge is 0.406 e. The number of amides is 1. The SMILES string of the molecule is CC(C)[C@H](NC(=O)c1ccc(OC(F)(F)F)cc1)c1nc(-c2ccncc2)no1. The summed E-state index contributed by atoms with van der Waals surface area (Å²) >= 11 is 0. The minimum absolute atomic E-state index is 0.0856. The molecule has 0 fully saturated rings. The summed E-state index contributed by atoms with van der Waals surface area (Å²) < 4.78 is 45.8. The van der Waals surface area contributed by atoms with Gasteiger partial charge >= 0.3 is 6.36 Å². The van der Waals surface area contributed by atoms with Crippen molar-refractivity contribution < 1.29 is 27.2 Å². The van der Waals surface area contributed by atoms with Crippen molar-refractivity contribution in [2.45, 2.75) is 26.3 Å². The Morgan fingerprint density at radius 3 is 2.34 bits per heavy atom. The highest BCUT2D eigenvalue weighted by Gasteiger charge is 2.31. The summed E-state index contributed by atoms with van der Waals surface area (Å²) in [6.45, 7) is 3.73. The zero-order chi connectivity index (χ0) is 21.0. The Labute approximate surface area is 163 Å². The molecule has 0 saturated carbocycles. The van der Waals surface area contributed by atoms with Crippen molar-refractivity contribution in [2.24, 2.45) is 5.92 Å². The van der Waals surface area contributed by atoms with Gasteiger partial charge in [0.2, 0.25) is 11.7 Å². The van der Waals surface area contributed by atoms with E-state index in [4.69, 9.17) is 4.52 Å². The fourth-order valence-corrected chi connectivity index (χ4v) is 2.53. The summed E-state index contributed by atoms with van der Waals surface area (Å²) in [6, 6.07) is 7.48. The van der Waals surface area contributed by atoms with Crippen LogP contribution in [0.25, 0.3) is 11.4 Å². The van der Waals surface area contributed by atoms with E-state index >= 15 is 0 Å². The number of hydrogen-bond donors (Lipinski definition) is 1. The van der Waals surface area contributed by atoms with Gasteiger partial charge < -0.3 is 14.6 Å². The Hall–Kier alpha value is -3.43. The Bertz CT molecular complexity index is 957. The average molecular weight is 406 g/mol. The summed E-state index contributed by atoms with van der Waals surface area (Å²) in [4.78, 5) is 20.8. The second-order valence-electron chi connectivity index (χ2n) is 6.46. The predicted molar refractivity (Wildman–Crippen MR) is 95.7 cm³/mol. The monoisotopic (exact) mass is 406 g/mol. The van der Waals surface area contributed by atoms with E-state index < -0.39 is 24.1 Å². The molecule has 1 atom stereocenters. The first-order valence-electron chi connectivity index (χ1n) is 8.63. The molecule has 0 aliphatic carbocycles. The van der Waals surface area contributed by atoms with Gasteiger partial charge in [-0.2, -0.15) is 4.98 Å². The Morgan fingerprint density at radius 1 is 1.10 bits per heavy atom. The number of carbonyl (C=O) groups is 1. The van der Waals surface area contributed by atoms with Gasteiger partial charge in [-0.05, 0) is 42.3 Å². The number of ether oxygens (including phenoxy) is 1. The third kappa shape index (κ3) is 5.31. The number of benzene rings is 1. The minimum Gasteiger partial charge on any atom is -0.406 e. The van der Waals surface area contributed by atoms with Crippen LogP contribution in [0.1, 0.15) is 36.1 Å². The third-order valence-corrected chi connectivity index (χ3v) is 3.95. The van der Waals surface area contributed by atoms with Gasteiger partial charge in [-0.25, -0.2) is 0 Å². The van der Waals surface area contributed by atoms with E-state index in [0.29, 0.717) is 11.4 Å². The van der Waals surface area contributed by atoms with Crippen molar-refractivity contribution in [1.29, 1.82) is 0 Å². The number of aromatic nitrogens is 3. The van der Waals surface area contributed by atoms with Crippen molar-refractivity contribution in [3.05, 3.63) is 60.2 Å². The second kappa shape index (κ2) is 8.29. The molecule has 3 aromatic rings. The number of nitrogens with one attached hydrogen (secondary N) is 1. The van der Waals surface area contributed by atoms with Gasteiger partial charge in [0, 0.05) is 23.5 Å². The van der Waals surface area contributed by atoms with Gasteiger partial charge in [-0.15, -0.1) is 13.2 Å². The van der Waals surface area contributed by atoms with Gasteiger partial charge in [-0.3, -0.25) is 9.78 Å². The molecule has 2 heterocycles. The molecule has 0 saturated heterocycles. The maximum Gasteiger partial charge on any atom is 0.573 e. The summed E-state index contributed by atoms with van der Waals surface area (Å²) in [6.07, 6.45) is -1.60. The van der Waals surface area contributed by atoms with E-state index in [-0.39, 0.29) is 17.4 Å². The van der Waals surface area contributed by atoms with Crippen molar-refractivity contribution >= 4 is 5.91 Å². The molecule has 0 unspecified atom stereocenters. The molecule has 7 nitrogen and oxygen atoms in total. The highest BCUT2D eigenvalue weighted by Crippen LogP contribution is 2.25. The van der Waals surface area contributed by atoms with E-state index in [1.165, 1.54) is 12.1 Å². The fraction of sp³-hybridized carbons (Fsp3) is 0.263. The maximum atomic E-state index is 12.5. The van der Waals surface area contributed by atoms with Gasteiger partial charge in [0.1, 0.15) is 11.8 Å². The minimum atomic E-state index is -4.79. The maximum absolute atomic E-state index is 12.5. The Morgan fingerprint density at radius 2 is 1.76 bits per heavy atom. The molecule has 1 N–H and O–H groups in total. The number of carbonyl (C=O) groups excluding carboxylic acids is 1. The van der Waals surface area contributed by atoms with E-state index in [1.807, 2.05) is 13.8 Å². The first-order valence-corrected chi connectivity index (χ1v) is 8.63. The van der Waals surface area contributed by atoms with E-state index in [9.17, 15) is 18.0 Å². The number of alkyl halides is 3. The number of rotatable bonds is 6. The van der Waals surface area contributed by atoms with Gasteiger partial charge in [0.25, 0.3) is 5.91 Å². The quantitative estimate of drug-likeness (QED) is 0.661. The Kier molecular flexibility index (Phi) is 5.81. The number of hydrogen-bond acceptors (Lipinski definition) is 6. The van der Waals surface area contributed by atoms with Crippen molar-refractivity contribution in [3.63, 3.8) is 0 Å². The van der Waals surface area contributed by atoms with Crippen LogP contribution in [-0.2, 0) is 0 Å². The first-order chi connectivity index (χ1) is 13.7. The molecular weight excluding hydrogens is 389 g/mol. The molecule has 0 aliphatic heterocycles. The van der Waals surface area contributed by atoms with Crippen molar-refractivity contribution in [1.82, 2.24) is 20.4 Å². The van der Waals surface area contributed by atoms with Gasteiger partial charge in [0.05, 0.1) is 0 Å². The molecule has 29 heavy (non-hydrogen) atoms. The van der Waals surface area contributed by atoms with Crippen molar-refractivity contribution in [2.75, 3.05) is 0 Å². The Balaban J connectivity index is 1.74. The van der Waals surface area contributed by atoms with Crippen LogP contribution < -0.4 is 10.1 Å². The van der Waals surface area contributed by atoms with Gasteiger partial charge in [0.15, 0.2) is 0 Å². The number of pyridine rings is 1. The lowest BCUT2D eigenvalue weighted by atomic mass is 10.0. The van der Waals surface area contributed by atoms with Crippen molar-refractivity contribution in [3.8, 4) is 17.1 Å². The van der Waals surface area contributed by atoms with E-state index in [2.05, 4.69) is 25.2 Å². The standard InChI is InChI=1S/C19H17F3N4O3/c1-11(2)15(18-25-16(26-29-18)12-7-9-23-10-8-12)24-17(27)13-3-5-14(6-4-13)28-19(20,21)22/h3-11,15H,1-2H3,(H,24,27)/t15-/m0/s1. The highest BCUT2D eigenvalue weighted by atomic mass is 19.4. The van der Waals surface area contributed by atoms with Crippen LogP contribution in [-0.4, -0.2) is 27.4 Å². The summed E-state index contributed by atoms with van der Waals surface area (Å²) in [5, 5.41) is 6.70. The number of nitrogens with zero attached hydrogens (tertiary/aromatic N) is 3. The van der Waals surface area contributed by atoms with Crippen LogP contribution in [0.2, 0.25) is 0 Å². The molecule has 2 aromatic heterocycles. The van der Waals surface area contributed by atoms with Crippen LogP contribution in [0.5, 0.6) is 5.75 Å². The number of halogens is 3. The van der Waals surface area contributed by atoms with Crippen LogP contribution >= 0.6 is 0 Å². The largest absolute Gasteiger partial charge is 0.573 e. The lowest BCUT2D eigenvalue weighted by molar-refractivity contribution is -0.274. The second-order valence-corrected chi connectivity index (χ2v) is 6.46. The third-order valence-electron chi connectivity index (χ3n) is 3.95. The summed E-state index contributed by atoms with van der Waals surface area (Å²) in [5.74, 6) is -0.412.